The van der Waals surface area contributed by atoms with Crippen LogP contribution in [-0.4, -0.2) is 52.4 Å². The fraction of sp³-hybridized carbons (Fsp3) is 0.647. The average Bonchev–Trinajstić information content (AvgIpc) is 3.25. The van der Waals surface area contributed by atoms with Crippen LogP contribution < -0.4 is 10.0 Å². The third-order valence-corrected chi connectivity index (χ3v) is 9.28. The van der Waals surface area contributed by atoms with Crippen LogP contribution in [0, 0.1) is 0 Å². The van der Waals surface area contributed by atoms with E-state index in [2.05, 4.69) is 10.0 Å². The predicted molar refractivity (Wildman–Crippen MR) is 105 cm³/mol. The lowest BCUT2D eigenvalue weighted by molar-refractivity contribution is 0.345. The van der Waals surface area contributed by atoms with Gasteiger partial charge in [0.1, 0.15) is 9.79 Å². The first-order valence-corrected chi connectivity index (χ1v) is 12.2. The van der Waals surface area contributed by atoms with Crippen molar-refractivity contribution in [1.82, 2.24) is 14.3 Å². The highest BCUT2D eigenvalue weighted by Gasteiger charge is 2.37. The fourth-order valence-corrected chi connectivity index (χ4v) is 7.97. The molecular formula is C17H26ClN3O4S2. The summed E-state index contributed by atoms with van der Waals surface area (Å²) in [7, 11) is -7.71. The summed E-state index contributed by atoms with van der Waals surface area (Å²) in [5.41, 5.74) is 0. The Morgan fingerprint density at radius 3 is 2.07 bits per heavy atom. The highest BCUT2D eigenvalue weighted by Crippen LogP contribution is 2.30. The molecule has 0 saturated carbocycles. The lowest BCUT2D eigenvalue weighted by Crippen LogP contribution is -2.48. The monoisotopic (exact) mass is 435 g/mol. The van der Waals surface area contributed by atoms with E-state index < -0.39 is 20.0 Å². The molecule has 3 aliphatic rings. The minimum atomic E-state index is -3.91. The second-order valence-electron chi connectivity index (χ2n) is 7.49. The Bertz CT molecular complexity index is 873. The summed E-state index contributed by atoms with van der Waals surface area (Å²) in [5, 5.41) is 3.48. The van der Waals surface area contributed by atoms with Crippen LogP contribution >= 0.6 is 12.4 Å². The summed E-state index contributed by atoms with van der Waals surface area (Å²) in [6, 6.07) is 6.49. The molecule has 0 aromatic heterocycles. The highest BCUT2D eigenvalue weighted by molar-refractivity contribution is 7.92. The Balaban J connectivity index is 0.00000210. The van der Waals surface area contributed by atoms with Crippen LogP contribution in [0.1, 0.15) is 38.5 Å². The Hall–Kier alpha value is -0.710. The van der Waals surface area contributed by atoms with Crippen LogP contribution in [0.5, 0.6) is 0 Å². The molecular weight excluding hydrogens is 410 g/mol. The molecule has 0 amide bonds. The molecule has 3 heterocycles. The number of fused-ring (bicyclic) bond motifs is 2. The fourth-order valence-electron chi connectivity index (χ4n) is 4.39. The second kappa shape index (κ2) is 7.96. The van der Waals surface area contributed by atoms with E-state index in [9.17, 15) is 16.8 Å². The second-order valence-corrected chi connectivity index (χ2v) is 11.1. The average molecular weight is 436 g/mol. The maximum absolute atomic E-state index is 13.0. The van der Waals surface area contributed by atoms with E-state index in [1.54, 1.807) is 12.1 Å². The standard InChI is InChI=1S/C17H25N3O4S2.ClH/c21-25(22,19-15-11-13-7-8-14(12-15)18-13)16-5-1-2-6-17(16)26(23,24)20-9-3-4-10-20;/h1-2,5-6,13-15,18-19H,3-4,7-12H2;1H. The molecule has 10 heteroatoms. The van der Waals surface area contributed by atoms with Gasteiger partial charge in [-0.2, -0.15) is 4.31 Å². The van der Waals surface area contributed by atoms with Gasteiger partial charge in [-0.1, -0.05) is 12.1 Å². The zero-order chi connectivity index (χ0) is 18.4. The van der Waals surface area contributed by atoms with Crippen molar-refractivity contribution in [3.63, 3.8) is 0 Å². The van der Waals surface area contributed by atoms with Crippen molar-refractivity contribution in [3.8, 4) is 0 Å². The quantitative estimate of drug-likeness (QED) is 0.729. The van der Waals surface area contributed by atoms with E-state index >= 15 is 0 Å². The van der Waals surface area contributed by atoms with Gasteiger partial charge in [-0.15, -0.1) is 12.4 Å². The van der Waals surface area contributed by atoms with E-state index in [1.165, 1.54) is 16.4 Å². The normalized spacial score (nSPS) is 28.8. The molecule has 3 fully saturated rings. The van der Waals surface area contributed by atoms with Gasteiger partial charge in [-0.3, -0.25) is 0 Å². The van der Waals surface area contributed by atoms with E-state index in [4.69, 9.17) is 0 Å². The summed E-state index contributed by atoms with van der Waals surface area (Å²) in [6.45, 7) is 0.892. The predicted octanol–water partition coefficient (Wildman–Crippen LogP) is 1.45. The number of piperidine rings is 1. The van der Waals surface area contributed by atoms with Crippen LogP contribution in [0.15, 0.2) is 34.1 Å². The SMILES string of the molecule is Cl.O=S(=O)(NC1CC2CCC(C1)N2)c1ccccc1S(=O)(=O)N1CCCC1. The molecule has 0 radical (unpaired) electrons. The number of benzene rings is 1. The molecule has 2 atom stereocenters. The Morgan fingerprint density at radius 1 is 0.926 bits per heavy atom. The topological polar surface area (TPSA) is 95.6 Å². The summed E-state index contributed by atoms with van der Waals surface area (Å²) in [4.78, 5) is -0.260. The zero-order valence-corrected chi connectivity index (χ0v) is 17.5. The molecule has 2 N–H and O–H groups in total. The summed E-state index contributed by atoms with van der Waals surface area (Å²) < 4.78 is 56.0. The summed E-state index contributed by atoms with van der Waals surface area (Å²) in [6.07, 6.45) is 5.26. The van der Waals surface area contributed by atoms with Crippen molar-refractivity contribution >= 4 is 32.5 Å². The van der Waals surface area contributed by atoms with Crippen molar-refractivity contribution in [2.24, 2.45) is 0 Å². The highest BCUT2D eigenvalue weighted by atomic mass is 35.5. The van der Waals surface area contributed by atoms with Crippen LogP contribution in [0.4, 0.5) is 0 Å². The summed E-state index contributed by atoms with van der Waals surface area (Å²) >= 11 is 0. The number of hydrogen-bond donors (Lipinski definition) is 2. The van der Waals surface area contributed by atoms with Gasteiger partial charge in [0.05, 0.1) is 0 Å². The van der Waals surface area contributed by atoms with Crippen molar-refractivity contribution in [3.05, 3.63) is 24.3 Å². The van der Waals surface area contributed by atoms with Crippen LogP contribution in [0.3, 0.4) is 0 Å². The smallest absolute Gasteiger partial charge is 0.244 e. The molecule has 2 bridgehead atoms. The van der Waals surface area contributed by atoms with Gasteiger partial charge in [0.2, 0.25) is 20.0 Å². The minimum Gasteiger partial charge on any atom is -0.311 e. The van der Waals surface area contributed by atoms with Gasteiger partial charge in [0.25, 0.3) is 0 Å². The Morgan fingerprint density at radius 2 is 1.48 bits per heavy atom. The van der Waals surface area contributed by atoms with E-state index in [0.717, 1.165) is 38.5 Å². The number of halogens is 1. The third-order valence-electron chi connectivity index (χ3n) is 5.62. The Kier molecular flexibility index (Phi) is 6.20. The zero-order valence-electron chi connectivity index (χ0n) is 15.0. The van der Waals surface area contributed by atoms with Crippen molar-refractivity contribution in [2.75, 3.05) is 13.1 Å². The Labute approximate surface area is 167 Å². The summed E-state index contributed by atoms with van der Waals surface area (Å²) in [5.74, 6) is 0. The molecule has 1 aromatic rings. The molecule has 4 rings (SSSR count). The first-order valence-electron chi connectivity index (χ1n) is 9.24. The van der Waals surface area contributed by atoms with Gasteiger partial charge in [-0.25, -0.2) is 21.6 Å². The van der Waals surface area contributed by atoms with Gasteiger partial charge in [0, 0.05) is 31.2 Å². The number of rotatable bonds is 5. The maximum atomic E-state index is 13.0. The van der Waals surface area contributed by atoms with Crippen molar-refractivity contribution in [2.45, 2.75) is 66.4 Å². The van der Waals surface area contributed by atoms with E-state index in [0.29, 0.717) is 25.2 Å². The van der Waals surface area contributed by atoms with Gasteiger partial charge >= 0.3 is 0 Å². The number of nitrogens with zero attached hydrogens (tertiary/aromatic N) is 1. The van der Waals surface area contributed by atoms with Gasteiger partial charge in [0.15, 0.2) is 0 Å². The molecule has 27 heavy (non-hydrogen) atoms. The number of hydrogen-bond acceptors (Lipinski definition) is 5. The molecule has 3 aliphatic heterocycles. The van der Waals surface area contributed by atoms with Crippen molar-refractivity contribution in [1.29, 1.82) is 0 Å². The van der Waals surface area contributed by atoms with Crippen LogP contribution in [-0.2, 0) is 20.0 Å². The molecule has 0 spiro atoms. The molecule has 1 aromatic carbocycles. The molecule has 0 aliphatic carbocycles. The molecule has 3 saturated heterocycles. The van der Waals surface area contributed by atoms with Crippen molar-refractivity contribution < 1.29 is 16.8 Å². The molecule has 152 valence electrons. The number of nitrogens with one attached hydrogen (secondary N) is 2. The van der Waals surface area contributed by atoms with E-state index in [1.807, 2.05) is 0 Å². The van der Waals surface area contributed by atoms with Crippen LogP contribution in [0.2, 0.25) is 0 Å². The molecule has 2 unspecified atom stereocenters. The largest absolute Gasteiger partial charge is 0.311 e. The lowest BCUT2D eigenvalue weighted by Gasteiger charge is -2.29. The minimum absolute atomic E-state index is 0. The third kappa shape index (κ3) is 4.18. The first kappa shape index (κ1) is 21.0. The lowest BCUT2D eigenvalue weighted by atomic mass is 10.0. The van der Waals surface area contributed by atoms with Gasteiger partial charge < -0.3 is 5.32 Å². The van der Waals surface area contributed by atoms with E-state index in [-0.39, 0.29) is 28.2 Å². The number of sulfonamides is 2. The van der Waals surface area contributed by atoms with Gasteiger partial charge in [-0.05, 0) is 50.7 Å². The molecule has 7 nitrogen and oxygen atoms in total. The first-order chi connectivity index (χ1) is 12.4. The van der Waals surface area contributed by atoms with Crippen LogP contribution in [0.25, 0.3) is 0 Å². The maximum Gasteiger partial charge on any atom is 0.244 e.